The van der Waals surface area contributed by atoms with Crippen LogP contribution in [0.2, 0.25) is 0 Å². The van der Waals surface area contributed by atoms with Gasteiger partial charge in [-0.15, -0.1) is 0 Å². The van der Waals surface area contributed by atoms with Crippen molar-refractivity contribution in [3.05, 3.63) is 42.1 Å². The summed E-state index contributed by atoms with van der Waals surface area (Å²) in [6.45, 7) is 3.37. The Morgan fingerprint density at radius 3 is 2.25 bits per heavy atom. The Kier molecular flexibility index (Phi) is 5.27. The van der Waals surface area contributed by atoms with E-state index in [2.05, 4.69) is 30.1 Å². The van der Waals surface area contributed by atoms with E-state index in [1.807, 2.05) is 6.07 Å². The lowest BCUT2D eigenvalue weighted by Crippen LogP contribution is -2.60. The molecule has 1 radical (unpaired) electrons. The number of hydrogen-bond donors (Lipinski definition) is 0. The molecule has 0 amide bonds. The van der Waals surface area contributed by atoms with Gasteiger partial charge in [-0.25, -0.2) is 15.3 Å². The molecule has 149 valence electrons. The molecule has 28 heavy (non-hydrogen) atoms. The molecule has 0 saturated carbocycles. The van der Waals surface area contributed by atoms with Gasteiger partial charge in [-0.05, 0) is 6.07 Å². The molecule has 2 aliphatic heterocycles. The standard InChI is InChI=1S/C17H18F4N7/c18-13-15(14(19)17(21)25-16(13)20)27-7-5-26(6-8-27)12-9-28(4-3-23-12)11-1-2-22-10-24-11/h1-2,10,12H,3-9H2. The number of rotatable bonds is 3. The fourth-order valence-electron chi connectivity index (χ4n) is 3.58. The minimum atomic E-state index is -1.64. The Morgan fingerprint density at radius 2 is 1.61 bits per heavy atom. The summed E-state index contributed by atoms with van der Waals surface area (Å²) in [7, 11) is 0. The molecule has 0 aliphatic carbocycles. The molecule has 2 aromatic rings. The predicted molar refractivity (Wildman–Crippen MR) is 92.9 cm³/mol. The average molecular weight is 396 g/mol. The first-order valence-electron chi connectivity index (χ1n) is 8.91. The second-order valence-corrected chi connectivity index (χ2v) is 6.59. The van der Waals surface area contributed by atoms with Crippen molar-refractivity contribution in [1.82, 2.24) is 25.2 Å². The Hall–Kier alpha value is -2.53. The molecule has 1 atom stereocenters. The number of hydrogen-bond acceptors (Lipinski definition) is 6. The highest BCUT2D eigenvalue weighted by Crippen LogP contribution is 2.27. The lowest BCUT2D eigenvalue weighted by molar-refractivity contribution is 0.144. The average Bonchev–Trinajstić information content (AvgIpc) is 2.74. The molecule has 0 bridgehead atoms. The number of piperazine rings is 2. The van der Waals surface area contributed by atoms with E-state index in [-0.39, 0.29) is 19.3 Å². The van der Waals surface area contributed by atoms with Crippen LogP contribution in [-0.4, -0.2) is 71.8 Å². The first-order chi connectivity index (χ1) is 13.5. The predicted octanol–water partition coefficient (Wildman–Crippen LogP) is 1.00. The number of nitrogens with zero attached hydrogens (tertiary/aromatic N) is 7. The van der Waals surface area contributed by atoms with Gasteiger partial charge in [0.15, 0.2) is 0 Å². The lowest BCUT2D eigenvalue weighted by Gasteiger charge is -2.43. The van der Waals surface area contributed by atoms with Crippen LogP contribution in [-0.2, 0) is 0 Å². The maximum absolute atomic E-state index is 14.0. The number of halogens is 4. The zero-order valence-corrected chi connectivity index (χ0v) is 14.9. The topological polar surface area (TPSA) is 62.5 Å². The lowest BCUT2D eigenvalue weighted by atomic mass is 10.2. The Balaban J connectivity index is 1.42. The molecule has 0 aromatic carbocycles. The number of aromatic nitrogens is 3. The molecule has 0 spiro atoms. The summed E-state index contributed by atoms with van der Waals surface area (Å²) in [6, 6.07) is 1.83. The van der Waals surface area contributed by atoms with Crippen LogP contribution in [0.25, 0.3) is 0 Å². The summed E-state index contributed by atoms with van der Waals surface area (Å²) in [4.78, 5) is 16.3. The van der Waals surface area contributed by atoms with E-state index in [0.717, 1.165) is 12.4 Å². The Morgan fingerprint density at radius 1 is 0.893 bits per heavy atom. The van der Waals surface area contributed by atoms with Crippen LogP contribution in [0, 0.1) is 23.5 Å². The SMILES string of the molecule is Fc1nc(F)c(F)c(N2CCN(C3CN(c4ccncn4)CC[N]3)CC2)c1F. The van der Waals surface area contributed by atoms with Crippen LogP contribution < -0.4 is 15.1 Å². The molecule has 2 fully saturated rings. The van der Waals surface area contributed by atoms with Gasteiger partial charge in [-0.1, -0.05) is 0 Å². The first-order valence-corrected chi connectivity index (χ1v) is 8.91. The normalized spacial score (nSPS) is 21.2. The molecule has 7 nitrogen and oxygen atoms in total. The quantitative estimate of drug-likeness (QED) is 0.570. The third kappa shape index (κ3) is 3.59. The molecule has 2 saturated heterocycles. The second-order valence-electron chi connectivity index (χ2n) is 6.59. The van der Waals surface area contributed by atoms with Crippen molar-refractivity contribution in [1.29, 1.82) is 0 Å². The van der Waals surface area contributed by atoms with E-state index < -0.39 is 29.2 Å². The molecule has 11 heteroatoms. The van der Waals surface area contributed by atoms with Gasteiger partial charge in [-0.3, -0.25) is 4.90 Å². The zero-order valence-electron chi connectivity index (χ0n) is 14.9. The molecule has 0 N–H and O–H groups in total. The number of pyridine rings is 1. The van der Waals surface area contributed by atoms with Crippen molar-refractivity contribution >= 4 is 11.5 Å². The Bertz CT molecular complexity index is 804. The van der Waals surface area contributed by atoms with Gasteiger partial charge in [0.05, 0.1) is 6.17 Å². The summed E-state index contributed by atoms with van der Waals surface area (Å²) in [5.41, 5.74) is -0.701. The van der Waals surface area contributed by atoms with Crippen LogP contribution in [0.4, 0.5) is 29.1 Å². The first kappa shape index (κ1) is 18.8. The van der Waals surface area contributed by atoms with Gasteiger partial charge < -0.3 is 9.80 Å². The summed E-state index contributed by atoms with van der Waals surface area (Å²) in [6.07, 6.45) is 3.08. The monoisotopic (exact) mass is 396 g/mol. The fraction of sp³-hybridized carbons (Fsp3) is 0.471. The maximum Gasteiger partial charge on any atom is 0.253 e. The largest absolute Gasteiger partial charge is 0.364 e. The summed E-state index contributed by atoms with van der Waals surface area (Å²) in [5, 5.41) is 4.63. The molecular weight excluding hydrogens is 378 g/mol. The van der Waals surface area contributed by atoms with E-state index in [1.54, 1.807) is 6.20 Å². The van der Waals surface area contributed by atoms with Crippen molar-refractivity contribution in [2.45, 2.75) is 6.17 Å². The van der Waals surface area contributed by atoms with Crippen LogP contribution in [0.5, 0.6) is 0 Å². The van der Waals surface area contributed by atoms with Gasteiger partial charge >= 0.3 is 0 Å². The third-order valence-corrected chi connectivity index (χ3v) is 5.01. The number of anilines is 2. The minimum absolute atomic E-state index is 0.0912. The third-order valence-electron chi connectivity index (χ3n) is 5.01. The smallest absolute Gasteiger partial charge is 0.253 e. The Labute approximate surface area is 159 Å². The zero-order chi connectivity index (χ0) is 19.7. The second kappa shape index (κ2) is 7.84. The van der Waals surface area contributed by atoms with Crippen molar-refractivity contribution in [2.75, 3.05) is 55.6 Å². The van der Waals surface area contributed by atoms with E-state index >= 15 is 0 Å². The molecule has 4 heterocycles. The maximum atomic E-state index is 14.0. The van der Waals surface area contributed by atoms with Crippen LogP contribution in [0.3, 0.4) is 0 Å². The van der Waals surface area contributed by atoms with Crippen LogP contribution >= 0.6 is 0 Å². The van der Waals surface area contributed by atoms with Crippen molar-refractivity contribution in [3.8, 4) is 0 Å². The molecule has 2 aromatic heterocycles. The van der Waals surface area contributed by atoms with E-state index in [1.165, 1.54) is 11.2 Å². The molecule has 1 unspecified atom stereocenters. The molecule has 2 aliphatic rings. The van der Waals surface area contributed by atoms with Gasteiger partial charge in [0.1, 0.15) is 17.8 Å². The highest BCUT2D eigenvalue weighted by Gasteiger charge is 2.32. The minimum Gasteiger partial charge on any atom is -0.364 e. The van der Waals surface area contributed by atoms with Crippen molar-refractivity contribution in [3.63, 3.8) is 0 Å². The highest BCUT2D eigenvalue weighted by molar-refractivity contribution is 5.49. The van der Waals surface area contributed by atoms with Gasteiger partial charge in [0.25, 0.3) is 11.9 Å². The highest BCUT2D eigenvalue weighted by atomic mass is 19.2. The van der Waals surface area contributed by atoms with Crippen molar-refractivity contribution < 1.29 is 17.6 Å². The molecule has 4 rings (SSSR count). The van der Waals surface area contributed by atoms with E-state index in [0.29, 0.717) is 26.2 Å². The summed E-state index contributed by atoms with van der Waals surface area (Å²) in [5.74, 6) is -5.40. The van der Waals surface area contributed by atoms with E-state index in [4.69, 9.17) is 0 Å². The van der Waals surface area contributed by atoms with Crippen molar-refractivity contribution in [2.24, 2.45) is 0 Å². The van der Waals surface area contributed by atoms with E-state index in [9.17, 15) is 17.6 Å². The molecular formula is C17H18F4N7. The van der Waals surface area contributed by atoms with Crippen LogP contribution in [0.15, 0.2) is 18.6 Å². The van der Waals surface area contributed by atoms with Gasteiger partial charge in [-0.2, -0.15) is 22.5 Å². The summed E-state index contributed by atoms with van der Waals surface area (Å²) < 4.78 is 54.7. The van der Waals surface area contributed by atoms with Crippen LogP contribution in [0.1, 0.15) is 0 Å². The van der Waals surface area contributed by atoms with Gasteiger partial charge in [0.2, 0.25) is 11.6 Å². The fourth-order valence-corrected chi connectivity index (χ4v) is 3.58. The summed E-state index contributed by atoms with van der Waals surface area (Å²) >= 11 is 0. The van der Waals surface area contributed by atoms with Gasteiger partial charge in [0, 0.05) is 52.0 Å².